The van der Waals surface area contributed by atoms with Crippen molar-refractivity contribution in [1.82, 2.24) is 0 Å². The molecule has 2 aliphatic heterocycles. The molecule has 0 aliphatic carbocycles. The third kappa shape index (κ3) is 2.69. The lowest BCUT2D eigenvalue weighted by Gasteiger charge is -2.19. The van der Waals surface area contributed by atoms with Gasteiger partial charge in [0.25, 0.3) is 0 Å². The molecule has 2 amide bonds. The van der Waals surface area contributed by atoms with E-state index in [1.165, 1.54) is 21.9 Å². The van der Waals surface area contributed by atoms with E-state index in [0.717, 1.165) is 6.92 Å². The maximum Gasteiger partial charge on any atom is 0.404 e. The summed E-state index contributed by atoms with van der Waals surface area (Å²) >= 11 is 0. The van der Waals surface area contributed by atoms with Gasteiger partial charge in [0.05, 0.1) is 5.56 Å². The van der Waals surface area contributed by atoms with Gasteiger partial charge in [0.15, 0.2) is 11.5 Å². The number of nitrogens with zero attached hydrogens (tertiary/aromatic N) is 2. The largest absolute Gasteiger partial charge is 0.478 e. The lowest BCUT2D eigenvalue weighted by Crippen LogP contribution is -2.31. The van der Waals surface area contributed by atoms with Gasteiger partial charge >= 0.3 is 18.0 Å². The van der Waals surface area contributed by atoms with Gasteiger partial charge in [0.1, 0.15) is 0 Å². The first-order valence-electron chi connectivity index (χ1n) is 7.97. The summed E-state index contributed by atoms with van der Waals surface area (Å²) in [5, 5.41) is 9.11. The number of urea groups is 1. The van der Waals surface area contributed by atoms with Crippen molar-refractivity contribution in [1.29, 1.82) is 0 Å². The average Bonchev–Trinajstić information content (AvgIpc) is 3.12. The van der Waals surface area contributed by atoms with E-state index in [9.17, 15) is 14.0 Å². The number of benzene rings is 2. The number of alkyl halides is 1. The number of carboxylic acids is 1. The molecule has 1 saturated heterocycles. The molecule has 1 unspecified atom stereocenters. The van der Waals surface area contributed by atoms with E-state index in [1.54, 1.807) is 30.3 Å². The predicted molar refractivity (Wildman–Crippen MR) is 90.7 cm³/mol. The summed E-state index contributed by atoms with van der Waals surface area (Å²) in [7, 11) is 0. The predicted octanol–water partition coefficient (Wildman–Crippen LogP) is 3.25. The fourth-order valence-corrected chi connectivity index (χ4v) is 3.07. The van der Waals surface area contributed by atoms with Gasteiger partial charge in [0.2, 0.25) is 0 Å². The molecule has 7 nitrogen and oxygen atoms in total. The van der Waals surface area contributed by atoms with Gasteiger partial charge in [0, 0.05) is 37.5 Å². The Bertz CT molecular complexity index is 914. The zero-order valence-electron chi connectivity index (χ0n) is 13.8. The highest BCUT2D eigenvalue weighted by Gasteiger charge is 2.38. The molecule has 0 spiro atoms. The summed E-state index contributed by atoms with van der Waals surface area (Å²) in [5.41, 5.74) is 1.17. The van der Waals surface area contributed by atoms with Crippen LogP contribution in [0.25, 0.3) is 0 Å². The molecular formula is C18H15FN2O5. The summed E-state index contributed by atoms with van der Waals surface area (Å²) in [6.07, 6.45) is 0. The topological polar surface area (TPSA) is 79.3 Å². The smallest absolute Gasteiger partial charge is 0.404 e. The lowest BCUT2D eigenvalue weighted by atomic mass is 10.2. The van der Waals surface area contributed by atoms with Crippen molar-refractivity contribution in [2.24, 2.45) is 0 Å². The molecule has 134 valence electrons. The van der Waals surface area contributed by atoms with Crippen LogP contribution in [0.3, 0.4) is 0 Å². The van der Waals surface area contributed by atoms with Gasteiger partial charge in [-0.25, -0.2) is 9.59 Å². The van der Waals surface area contributed by atoms with E-state index in [4.69, 9.17) is 14.6 Å². The van der Waals surface area contributed by atoms with E-state index in [0.29, 0.717) is 24.5 Å². The Hall–Kier alpha value is -3.29. The number of carbonyl (C=O) groups is 2. The first-order valence-corrected chi connectivity index (χ1v) is 7.97. The SMILES string of the molecule is CC1(F)Oc2ccc(N3CCN(c4cccc(C(=O)O)c4)C3=O)cc2O1. The van der Waals surface area contributed by atoms with E-state index in [2.05, 4.69) is 0 Å². The molecule has 1 atom stereocenters. The number of amides is 2. The molecule has 2 aromatic carbocycles. The summed E-state index contributed by atoms with van der Waals surface area (Å²) in [5.74, 6) is -0.552. The molecule has 0 radical (unpaired) electrons. The fraction of sp³-hybridized carbons (Fsp3) is 0.222. The molecule has 2 aromatic rings. The Morgan fingerprint density at radius 1 is 1.08 bits per heavy atom. The van der Waals surface area contributed by atoms with Crippen LogP contribution in [0.1, 0.15) is 17.3 Å². The van der Waals surface area contributed by atoms with E-state index >= 15 is 0 Å². The van der Waals surface area contributed by atoms with Crippen LogP contribution in [0.5, 0.6) is 11.5 Å². The molecule has 26 heavy (non-hydrogen) atoms. The Morgan fingerprint density at radius 2 is 1.73 bits per heavy atom. The van der Waals surface area contributed by atoms with Gasteiger partial charge in [-0.3, -0.25) is 9.80 Å². The molecule has 2 heterocycles. The van der Waals surface area contributed by atoms with Crippen molar-refractivity contribution in [3.05, 3.63) is 48.0 Å². The highest BCUT2D eigenvalue weighted by atomic mass is 19.2. The van der Waals surface area contributed by atoms with Gasteiger partial charge < -0.3 is 14.6 Å². The average molecular weight is 358 g/mol. The van der Waals surface area contributed by atoms with Crippen LogP contribution < -0.4 is 19.3 Å². The van der Waals surface area contributed by atoms with Crippen molar-refractivity contribution in [3.8, 4) is 11.5 Å². The standard InChI is InChI=1S/C18H15FN2O5/c1-18(19)25-14-6-5-13(10-15(14)26-18)21-8-7-20(17(21)24)12-4-2-3-11(9-12)16(22)23/h2-6,9-10H,7-8H2,1H3,(H,22,23). The maximum absolute atomic E-state index is 13.8. The van der Waals surface area contributed by atoms with E-state index in [-0.39, 0.29) is 23.1 Å². The molecule has 1 fully saturated rings. The second kappa shape index (κ2) is 5.62. The van der Waals surface area contributed by atoms with E-state index in [1.807, 2.05) is 0 Å². The van der Waals surface area contributed by atoms with Crippen LogP contribution >= 0.6 is 0 Å². The molecule has 2 aliphatic rings. The summed E-state index contributed by atoms with van der Waals surface area (Å²) in [4.78, 5) is 26.9. The minimum atomic E-state index is -2.22. The normalized spacial score (nSPS) is 21.4. The van der Waals surface area contributed by atoms with Crippen LogP contribution in [0.15, 0.2) is 42.5 Å². The van der Waals surface area contributed by atoms with Gasteiger partial charge in [-0.1, -0.05) is 6.07 Å². The number of carbonyl (C=O) groups excluding carboxylic acids is 1. The zero-order chi connectivity index (χ0) is 18.5. The van der Waals surface area contributed by atoms with Crippen molar-refractivity contribution >= 4 is 23.4 Å². The second-order valence-electron chi connectivity index (χ2n) is 6.11. The van der Waals surface area contributed by atoms with Crippen molar-refractivity contribution < 1.29 is 28.6 Å². The Kier molecular flexibility index (Phi) is 3.50. The van der Waals surface area contributed by atoms with Crippen LogP contribution in [0.4, 0.5) is 20.6 Å². The molecule has 1 N–H and O–H groups in total. The first kappa shape index (κ1) is 16.2. The molecule has 0 aromatic heterocycles. The van der Waals surface area contributed by atoms with E-state index < -0.39 is 12.0 Å². The third-order valence-electron chi connectivity index (χ3n) is 4.24. The van der Waals surface area contributed by atoms with Gasteiger partial charge in [-0.2, -0.15) is 4.39 Å². The highest BCUT2D eigenvalue weighted by Crippen LogP contribution is 2.42. The van der Waals surface area contributed by atoms with Gasteiger partial charge in [-0.05, 0) is 30.3 Å². The second-order valence-corrected chi connectivity index (χ2v) is 6.11. The molecule has 8 heteroatoms. The number of anilines is 2. The van der Waals surface area contributed by atoms with Crippen molar-refractivity contribution in [3.63, 3.8) is 0 Å². The fourth-order valence-electron chi connectivity index (χ4n) is 3.07. The Labute approximate surface area is 148 Å². The van der Waals surface area contributed by atoms with Crippen molar-refractivity contribution in [2.45, 2.75) is 13.0 Å². The van der Waals surface area contributed by atoms with Crippen LogP contribution in [0, 0.1) is 0 Å². The molecule has 4 rings (SSSR count). The minimum absolute atomic E-state index is 0.110. The summed E-state index contributed by atoms with van der Waals surface area (Å²) < 4.78 is 23.9. The number of aromatic carboxylic acids is 1. The number of fused-ring (bicyclic) bond motifs is 1. The Balaban J connectivity index is 1.59. The zero-order valence-corrected chi connectivity index (χ0v) is 13.8. The number of rotatable bonds is 3. The number of carboxylic acid groups (broad SMARTS) is 1. The van der Waals surface area contributed by atoms with Crippen LogP contribution in [0.2, 0.25) is 0 Å². The minimum Gasteiger partial charge on any atom is -0.478 e. The number of hydrogen-bond donors (Lipinski definition) is 1. The number of hydrogen-bond acceptors (Lipinski definition) is 4. The maximum atomic E-state index is 13.8. The third-order valence-corrected chi connectivity index (χ3v) is 4.24. The van der Waals surface area contributed by atoms with Gasteiger partial charge in [-0.15, -0.1) is 0 Å². The molecular weight excluding hydrogens is 343 g/mol. The first-order chi connectivity index (χ1) is 12.3. The van der Waals surface area contributed by atoms with Crippen LogP contribution in [-0.2, 0) is 0 Å². The number of halogens is 1. The molecule has 0 saturated carbocycles. The quantitative estimate of drug-likeness (QED) is 0.911. The molecule has 0 bridgehead atoms. The summed E-state index contributed by atoms with van der Waals surface area (Å²) in [6, 6.07) is 8.44. The monoisotopic (exact) mass is 358 g/mol. The number of ether oxygens (including phenoxy) is 2. The Morgan fingerprint density at radius 3 is 2.42 bits per heavy atom. The summed E-state index contributed by atoms with van der Waals surface area (Å²) in [6.45, 7) is 1.96. The van der Waals surface area contributed by atoms with Crippen LogP contribution in [-0.4, -0.2) is 36.2 Å². The highest BCUT2D eigenvalue weighted by molar-refractivity contribution is 6.06. The van der Waals surface area contributed by atoms with Crippen molar-refractivity contribution in [2.75, 3.05) is 22.9 Å². The lowest BCUT2D eigenvalue weighted by molar-refractivity contribution is -0.173.